The van der Waals surface area contributed by atoms with Crippen LogP contribution >= 0.6 is 0 Å². The summed E-state index contributed by atoms with van der Waals surface area (Å²) >= 11 is 0. The van der Waals surface area contributed by atoms with E-state index in [1.807, 2.05) is 25.1 Å². The molecule has 3 atom stereocenters. The Bertz CT molecular complexity index is 660. The fraction of sp³-hybridized carbons (Fsp3) is 0.400. The molecule has 1 saturated heterocycles. The number of rotatable bonds is 5. The number of ether oxygens (including phenoxy) is 1. The molecule has 24 heavy (non-hydrogen) atoms. The molecule has 2 aromatic rings. The van der Waals surface area contributed by atoms with Crippen molar-refractivity contribution in [3.05, 3.63) is 66.0 Å². The van der Waals surface area contributed by atoms with Crippen LogP contribution in [0.3, 0.4) is 0 Å². The standard InChI is InChI=1S/C20H24N2O2/c1-15-12-22(13-17-6-4-3-5-7-17)14-19(15)20(23)24-16(2)18-8-10-21-11-9-18/h3-11,15-16,19H,12-14H2,1-2H3/t15?,16-,19?/m0/s1. The molecule has 4 nitrogen and oxygen atoms in total. The highest BCUT2D eigenvalue weighted by Crippen LogP contribution is 2.28. The highest BCUT2D eigenvalue weighted by molar-refractivity contribution is 5.73. The zero-order chi connectivity index (χ0) is 16.9. The molecule has 1 aliphatic rings. The summed E-state index contributed by atoms with van der Waals surface area (Å²) in [6.07, 6.45) is 3.20. The second-order valence-corrected chi connectivity index (χ2v) is 6.62. The van der Waals surface area contributed by atoms with E-state index < -0.39 is 0 Å². The minimum atomic E-state index is -0.240. The first-order valence-corrected chi connectivity index (χ1v) is 8.50. The van der Waals surface area contributed by atoms with Gasteiger partial charge < -0.3 is 4.74 Å². The van der Waals surface area contributed by atoms with E-state index in [9.17, 15) is 4.79 Å². The van der Waals surface area contributed by atoms with Gasteiger partial charge in [-0.1, -0.05) is 37.3 Å². The summed E-state index contributed by atoms with van der Waals surface area (Å²) < 4.78 is 5.70. The average Bonchev–Trinajstić information content (AvgIpc) is 2.97. The number of pyridine rings is 1. The average molecular weight is 324 g/mol. The number of carbonyl (C=O) groups excluding carboxylic acids is 1. The Hall–Kier alpha value is -2.20. The van der Waals surface area contributed by atoms with E-state index in [1.165, 1.54) is 5.56 Å². The summed E-state index contributed by atoms with van der Waals surface area (Å²) in [6, 6.07) is 14.2. The number of esters is 1. The van der Waals surface area contributed by atoms with Gasteiger partial charge in [0.25, 0.3) is 0 Å². The molecule has 126 valence electrons. The lowest BCUT2D eigenvalue weighted by atomic mass is 9.98. The lowest BCUT2D eigenvalue weighted by molar-refractivity contribution is -0.154. The van der Waals surface area contributed by atoms with Crippen molar-refractivity contribution >= 4 is 5.97 Å². The lowest BCUT2D eigenvalue weighted by Crippen LogP contribution is -2.26. The third-order valence-electron chi connectivity index (χ3n) is 4.71. The molecule has 1 aromatic carbocycles. The number of nitrogens with zero attached hydrogens (tertiary/aromatic N) is 2. The van der Waals surface area contributed by atoms with Gasteiger partial charge in [0.1, 0.15) is 6.10 Å². The van der Waals surface area contributed by atoms with Gasteiger partial charge in [0.05, 0.1) is 5.92 Å². The Morgan fingerprint density at radius 1 is 1.21 bits per heavy atom. The van der Waals surface area contributed by atoms with Crippen molar-refractivity contribution in [2.75, 3.05) is 13.1 Å². The summed E-state index contributed by atoms with van der Waals surface area (Å²) in [6.45, 7) is 6.62. The Morgan fingerprint density at radius 3 is 2.62 bits per heavy atom. The van der Waals surface area contributed by atoms with E-state index in [0.29, 0.717) is 5.92 Å². The molecule has 0 saturated carbocycles. The quantitative estimate of drug-likeness (QED) is 0.790. The van der Waals surface area contributed by atoms with Gasteiger partial charge in [0.15, 0.2) is 0 Å². The molecule has 4 heteroatoms. The molecule has 2 heterocycles. The van der Waals surface area contributed by atoms with Crippen molar-refractivity contribution in [1.29, 1.82) is 0 Å². The minimum absolute atomic E-state index is 0.0574. The molecular formula is C20H24N2O2. The fourth-order valence-corrected chi connectivity index (χ4v) is 3.31. The van der Waals surface area contributed by atoms with Gasteiger partial charge in [-0.05, 0) is 36.1 Å². The Morgan fingerprint density at radius 2 is 1.92 bits per heavy atom. The maximum absolute atomic E-state index is 12.6. The second kappa shape index (κ2) is 7.58. The largest absolute Gasteiger partial charge is 0.458 e. The van der Waals surface area contributed by atoms with Crippen LogP contribution in [0.4, 0.5) is 0 Å². The van der Waals surface area contributed by atoms with Gasteiger partial charge in [0.2, 0.25) is 0 Å². The van der Waals surface area contributed by atoms with E-state index >= 15 is 0 Å². The number of benzene rings is 1. The van der Waals surface area contributed by atoms with E-state index in [2.05, 4.69) is 41.1 Å². The van der Waals surface area contributed by atoms with Crippen LogP contribution in [0.5, 0.6) is 0 Å². The number of hydrogen-bond donors (Lipinski definition) is 0. The monoisotopic (exact) mass is 324 g/mol. The maximum Gasteiger partial charge on any atom is 0.311 e. The number of aromatic nitrogens is 1. The fourth-order valence-electron chi connectivity index (χ4n) is 3.31. The lowest BCUT2D eigenvalue weighted by Gasteiger charge is -2.19. The summed E-state index contributed by atoms with van der Waals surface area (Å²) in [5.74, 6) is 0.159. The van der Waals surface area contributed by atoms with Crippen LogP contribution in [0.25, 0.3) is 0 Å². The molecule has 1 aliphatic heterocycles. The van der Waals surface area contributed by atoms with Crippen LogP contribution in [0.1, 0.15) is 31.1 Å². The van der Waals surface area contributed by atoms with Gasteiger partial charge in [-0.2, -0.15) is 0 Å². The van der Waals surface area contributed by atoms with Gasteiger partial charge >= 0.3 is 5.97 Å². The van der Waals surface area contributed by atoms with Crippen molar-refractivity contribution in [3.8, 4) is 0 Å². The Labute approximate surface area is 143 Å². The number of carbonyl (C=O) groups is 1. The molecule has 0 radical (unpaired) electrons. The zero-order valence-electron chi connectivity index (χ0n) is 14.3. The molecule has 0 amide bonds. The molecular weight excluding hydrogens is 300 g/mol. The third-order valence-corrected chi connectivity index (χ3v) is 4.71. The van der Waals surface area contributed by atoms with Crippen molar-refractivity contribution in [2.24, 2.45) is 11.8 Å². The Balaban J connectivity index is 1.57. The molecule has 1 aromatic heterocycles. The van der Waals surface area contributed by atoms with Crippen molar-refractivity contribution in [3.63, 3.8) is 0 Å². The SMILES string of the molecule is CC1CN(Cc2ccccc2)CC1C(=O)O[C@@H](C)c1ccncc1. The maximum atomic E-state index is 12.6. The molecule has 1 fully saturated rings. The van der Waals surface area contributed by atoms with Crippen LogP contribution in [-0.4, -0.2) is 28.9 Å². The summed E-state index contributed by atoms with van der Waals surface area (Å²) in [5, 5.41) is 0. The van der Waals surface area contributed by atoms with Crippen molar-refractivity contribution in [1.82, 2.24) is 9.88 Å². The first-order chi connectivity index (χ1) is 11.6. The predicted molar refractivity (Wildman–Crippen MR) is 93.1 cm³/mol. The molecule has 0 bridgehead atoms. The van der Waals surface area contributed by atoms with Gasteiger partial charge in [-0.3, -0.25) is 14.7 Å². The van der Waals surface area contributed by atoms with E-state index in [-0.39, 0.29) is 18.0 Å². The van der Waals surface area contributed by atoms with Crippen molar-refractivity contribution < 1.29 is 9.53 Å². The van der Waals surface area contributed by atoms with Crippen LogP contribution in [0.2, 0.25) is 0 Å². The number of hydrogen-bond acceptors (Lipinski definition) is 4. The minimum Gasteiger partial charge on any atom is -0.458 e. The zero-order valence-corrected chi connectivity index (χ0v) is 14.3. The topological polar surface area (TPSA) is 42.4 Å². The molecule has 0 spiro atoms. The van der Waals surface area contributed by atoms with Gasteiger partial charge in [0, 0.05) is 32.0 Å². The molecule has 2 unspecified atom stereocenters. The predicted octanol–water partition coefficient (Wildman–Crippen LogP) is 3.45. The first-order valence-electron chi connectivity index (χ1n) is 8.50. The van der Waals surface area contributed by atoms with Crippen molar-refractivity contribution in [2.45, 2.75) is 26.5 Å². The first kappa shape index (κ1) is 16.7. The highest BCUT2D eigenvalue weighted by Gasteiger charge is 2.36. The van der Waals surface area contributed by atoms with E-state index in [4.69, 9.17) is 4.74 Å². The normalized spacial score (nSPS) is 22.2. The second-order valence-electron chi connectivity index (χ2n) is 6.62. The van der Waals surface area contributed by atoms with Crippen LogP contribution in [0.15, 0.2) is 54.9 Å². The number of likely N-dealkylation sites (tertiary alicyclic amines) is 1. The van der Waals surface area contributed by atoms with Gasteiger partial charge in [-0.25, -0.2) is 0 Å². The van der Waals surface area contributed by atoms with Gasteiger partial charge in [-0.15, -0.1) is 0 Å². The summed E-state index contributed by atoms with van der Waals surface area (Å²) in [5.41, 5.74) is 2.26. The summed E-state index contributed by atoms with van der Waals surface area (Å²) in [7, 11) is 0. The van der Waals surface area contributed by atoms with E-state index in [1.54, 1.807) is 12.4 Å². The molecule has 0 aliphatic carbocycles. The molecule has 0 N–H and O–H groups in total. The highest BCUT2D eigenvalue weighted by atomic mass is 16.5. The smallest absolute Gasteiger partial charge is 0.311 e. The van der Waals surface area contributed by atoms with Crippen LogP contribution in [-0.2, 0) is 16.1 Å². The Kier molecular flexibility index (Phi) is 5.26. The van der Waals surface area contributed by atoms with Crippen LogP contribution < -0.4 is 0 Å². The molecule has 3 rings (SSSR count). The summed E-state index contributed by atoms with van der Waals surface area (Å²) in [4.78, 5) is 18.9. The van der Waals surface area contributed by atoms with E-state index in [0.717, 1.165) is 25.2 Å². The third kappa shape index (κ3) is 4.01. The van der Waals surface area contributed by atoms with Crippen LogP contribution in [0, 0.1) is 11.8 Å².